The molecule has 0 unspecified atom stereocenters. The lowest BCUT2D eigenvalue weighted by molar-refractivity contribution is -0.116. The normalized spacial score (nSPS) is 10.3. The van der Waals surface area contributed by atoms with Gasteiger partial charge in [0, 0.05) is 17.6 Å². The number of aryl methyl sites for hydroxylation is 1. The van der Waals surface area contributed by atoms with Crippen LogP contribution in [-0.4, -0.2) is 49.0 Å². The van der Waals surface area contributed by atoms with E-state index in [4.69, 9.17) is 9.47 Å². The maximum atomic E-state index is 13.1. The Morgan fingerprint density at radius 2 is 1.88 bits per heavy atom. The largest absolute Gasteiger partial charge is 0.496 e. The number of thiazole rings is 1. The number of amides is 2. The summed E-state index contributed by atoms with van der Waals surface area (Å²) in [6.07, 6.45) is 2.40. The molecule has 8 heteroatoms. The molecule has 0 saturated heterocycles. The molecule has 26 heavy (non-hydrogen) atoms. The van der Waals surface area contributed by atoms with Crippen LogP contribution in [0.25, 0.3) is 0 Å². The third-order valence-corrected chi connectivity index (χ3v) is 4.45. The van der Waals surface area contributed by atoms with Crippen LogP contribution in [0.2, 0.25) is 0 Å². The maximum absolute atomic E-state index is 13.1. The van der Waals surface area contributed by atoms with Crippen molar-refractivity contribution in [3.05, 3.63) is 34.8 Å². The van der Waals surface area contributed by atoms with Gasteiger partial charge in [-0.1, -0.05) is 13.0 Å². The number of ether oxygens (including phenoxy) is 2. The van der Waals surface area contributed by atoms with E-state index >= 15 is 0 Å². The minimum absolute atomic E-state index is 0.0769. The van der Waals surface area contributed by atoms with Crippen molar-refractivity contribution in [2.45, 2.75) is 20.3 Å². The molecule has 1 aromatic carbocycles. The van der Waals surface area contributed by atoms with Gasteiger partial charge in [-0.05, 0) is 25.5 Å². The molecule has 2 amide bonds. The maximum Gasteiger partial charge on any atom is 0.261 e. The van der Waals surface area contributed by atoms with Crippen molar-refractivity contribution in [3.8, 4) is 11.5 Å². The molecular weight excluding hydrogens is 354 g/mol. The van der Waals surface area contributed by atoms with Crippen LogP contribution < -0.4 is 14.8 Å². The number of anilines is 1. The van der Waals surface area contributed by atoms with Crippen molar-refractivity contribution in [2.24, 2.45) is 0 Å². The Kier molecular flexibility index (Phi) is 6.97. The van der Waals surface area contributed by atoms with Crippen LogP contribution in [0.3, 0.4) is 0 Å². The van der Waals surface area contributed by atoms with Crippen molar-refractivity contribution in [1.29, 1.82) is 0 Å². The second kappa shape index (κ2) is 9.19. The summed E-state index contributed by atoms with van der Waals surface area (Å²) < 4.78 is 10.6. The molecule has 1 N–H and O–H groups in total. The van der Waals surface area contributed by atoms with Gasteiger partial charge in [-0.15, -0.1) is 11.3 Å². The minimum atomic E-state index is -0.313. The van der Waals surface area contributed by atoms with E-state index in [1.807, 2.05) is 13.8 Å². The molecular formula is C18H23N3O4S. The van der Waals surface area contributed by atoms with Crippen LogP contribution in [0, 0.1) is 6.92 Å². The quantitative estimate of drug-likeness (QED) is 0.765. The van der Waals surface area contributed by atoms with E-state index in [0.717, 1.165) is 4.88 Å². The first kappa shape index (κ1) is 19.7. The summed E-state index contributed by atoms with van der Waals surface area (Å²) in [6.45, 7) is 4.22. The van der Waals surface area contributed by atoms with Crippen molar-refractivity contribution in [3.63, 3.8) is 0 Å². The highest BCUT2D eigenvalue weighted by atomic mass is 32.1. The fourth-order valence-electron chi connectivity index (χ4n) is 2.49. The molecule has 0 aliphatic rings. The van der Waals surface area contributed by atoms with E-state index in [9.17, 15) is 9.59 Å². The molecule has 0 aliphatic carbocycles. The zero-order valence-corrected chi connectivity index (χ0v) is 16.2. The average Bonchev–Trinajstić information content (AvgIpc) is 3.04. The number of hydrogen-bond donors (Lipinski definition) is 1. The third kappa shape index (κ3) is 4.72. The molecule has 0 bridgehead atoms. The number of carbonyl (C=O) groups is 2. The van der Waals surface area contributed by atoms with E-state index in [-0.39, 0.29) is 18.4 Å². The van der Waals surface area contributed by atoms with Gasteiger partial charge < -0.3 is 19.7 Å². The van der Waals surface area contributed by atoms with Crippen molar-refractivity contribution in [2.75, 3.05) is 32.6 Å². The molecule has 0 saturated carbocycles. The molecule has 140 valence electrons. The Morgan fingerprint density at radius 1 is 1.23 bits per heavy atom. The van der Waals surface area contributed by atoms with E-state index in [2.05, 4.69) is 10.3 Å². The summed E-state index contributed by atoms with van der Waals surface area (Å²) in [4.78, 5) is 32.0. The number of carbonyl (C=O) groups excluding carboxylic acids is 2. The summed E-state index contributed by atoms with van der Waals surface area (Å²) in [5, 5.41) is 3.25. The highest BCUT2D eigenvalue weighted by molar-refractivity contribution is 7.15. The summed E-state index contributed by atoms with van der Waals surface area (Å²) in [6, 6.07) is 5.13. The summed E-state index contributed by atoms with van der Waals surface area (Å²) in [5.74, 6) is 0.208. The first-order valence-electron chi connectivity index (χ1n) is 8.22. The zero-order valence-electron chi connectivity index (χ0n) is 15.4. The SMILES string of the molecule is CCCN(CC(=O)Nc1ncc(C)s1)C(=O)c1c(OC)cccc1OC. The second-order valence-electron chi connectivity index (χ2n) is 5.59. The Labute approximate surface area is 156 Å². The molecule has 1 aromatic heterocycles. The van der Waals surface area contributed by atoms with Gasteiger partial charge in [0.2, 0.25) is 5.91 Å². The standard InChI is InChI=1S/C18H23N3O4S/c1-5-9-21(11-15(22)20-18-19-10-12(2)26-18)17(23)16-13(24-3)7-6-8-14(16)25-4/h6-8,10H,5,9,11H2,1-4H3,(H,19,20,22). The van der Waals surface area contributed by atoms with E-state index in [1.54, 1.807) is 24.4 Å². The van der Waals surface area contributed by atoms with Gasteiger partial charge in [0.25, 0.3) is 5.91 Å². The molecule has 7 nitrogen and oxygen atoms in total. The second-order valence-corrected chi connectivity index (χ2v) is 6.82. The van der Waals surface area contributed by atoms with E-state index in [1.165, 1.54) is 30.5 Å². The topological polar surface area (TPSA) is 80.8 Å². The van der Waals surface area contributed by atoms with Crippen molar-refractivity contribution >= 4 is 28.3 Å². The molecule has 0 aliphatic heterocycles. The molecule has 0 spiro atoms. The van der Waals surface area contributed by atoms with Crippen molar-refractivity contribution < 1.29 is 19.1 Å². The molecule has 0 fully saturated rings. The first-order valence-corrected chi connectivity index (χ1v) is 9.04. The first-order chi connectivity index (χ1) is 12.5. The highest BCUT2D eigenvalue weighted by Crippen LogP contribution is 2.29. The van der Waals surface area contributed by atoms with Gasteiger partial charge in [0.05, 0.1) is 14.2 Å². The van der Waals surface area contributed by atoms with Crippen LogP contribution in [0.4, 0.5) is 5.13 Å². The number of hydrogen-bond acceptors (Lipinski definition) is 6. The van der Waals surface area contributed by atoms with Crippen molar-refractivity contribution in [1.82, 2.24) is 9.88 Å². The number of rotatable bonds is 8. The van der Waals surface area contributed by atoms with Gasteiger partial charge >= 0.3 is 0 Å². The Hall–Kier alpha value is -2.61. The number of aromatic nitrogens is 1. The van der Waals surface area contributed by atoms with Crippen LogP contribution >= 0.6 is 11.3 Å². The molecule has 2 rings (SSSR count). The predicted octanol–water partition coefficient (Wildman–Crippen LogP) is 2.96. The Morgan fingerprint density at radius 3 is 2.38 bits per heavy atom. The van der Waals surface area contributed by atoms with E-state index < -0.39 is 0 Å². The fraction of sp³-hybridized carbons (Fsp3) is 0.389. The van der Waals surface area contributed by atoms with Gasteiger partial charge in [0.15, 0.2) is 5.13 Å². The number of benzene rings is 1. The predicted molar refractivity (Wildman–Crippen MR) is 101 cm³/mol. The lowest BCUT2D eigenvalue weighted by atomic mass is 10.1. The monoisotopic (exact) mass is 377 g/mol. The number of nitrogens with zero attached hydrogens (tertiary/aromatic N) is 2. The lowest BCUT2D eigenvalue weighted by Crippen LogP contribution is -2.38. The molecule has 2 aromatic rings. The summed E-state index contributed by atoms with van der Waals surface area (Å²) in [5.41, 5.74) is 0.309. The van der Waals surface area contributed by atoms with Gasteiger partial charge in [-0.3, -0.25) is 9.59 Å². The molecule has 0 atom stereocenters. The fourth-order valence-corrected chi connectivity index (χ4v) is 3.17. The van der Waals surface area contributed by atoms with Gasteiger partial charge in [-0.2, -0.15) is 0 Å². The Bertz CT molecular complexity index is 753. The number of nitrogens with one attached hydrogen (secondary N) is 1. The summed E-state index contributed by atoms with van der Waals surface area (Å²) in [7, 11) is 2.99. The van der Waals surface area contributed by atoms with Crippen LogP contribution in [0.15, 0.2) is 24.4 Å². The summed E-state index contributed by atoms with van der Waals surface area (Å²) >= 11 is 1.39. The lowest BCUT2D eigenvalue weighted by Gasteiger charge is -2.23. The zero-order chi connectivity index (χ0) is 19.1. The molecule has 0 radical (unpaired) electrons. The van der Waals surface area contributed by atoms with Crippen LogP contribution in [0.1, 0.15) is 28.6 Å². The van der Waals surface area contributed by atoms with Gasteiger partial charge in [-0.25, -0.2) is 4.98 Å². The Balaban J connectivity index is 2.21. The number of methoxy groups -OCH3 is 2. The third-order valence-electron chi connectivity index (χ3n) is 3.62. The van der Waals surface area contributed by atoms with E-state index in [0.29, 0.717) is 35.2 Å². The average molecular weight is 377 g/mol. The smallest absolute Gasteiger partial charge is 0.261 e. The highest BCUT2D eigenvalue weighted by Gasteiger charge is 2.25. The van der Waals surface area contributed by atoms with Gasteiger partial charge in [0.1, 0.15) is 23.6 Å². The minimum Gasteiger partial charge on any atom is -0.496 e. The van der Waals surface area contributed by atoms with Crippen LogP contribution in [0.5, 0.6) is 11.5 Å². The molecule has 1 heterocycles. The van der Waals surface area contributed by atoms with Crippen LogP contribution in [-0.2, 0) is 4.79 Å².